The van der Waals surface area contributed by atoms with Gasteiger partial charge in [-0.1, -0.05) is 36.4 Å². The third-order valence-corrected chi connectivity index (χ3v) is 2.60. The monoisotopic (exact) mass is 242 g/mol. The van der Waals surface area contributed by atoms with Crippen molar-refractivity contribution in [1.82, 2.24) is 5.32 Å². The molecule has 0 aliphatic carbocycles. The lowest BCUT2D eigenvalue weighted by Crippen LogP contribution is -2.23. The fourth-order valence-electron chi connectivity index (χ4n) is 1.67. The quantitative estimate of drug-likeness (QED) is 0.719. The van der Waals surface area contributed by atoms with Crippen molar-refractivity contribution < 1.29 is 9.90 Å². The van der Waals surface area contributed by atoms with Crippen molar-refractivity contribution in [2.75, 3.05) is 5.73 Å². The van der Waals surface area contributed by atoms with Crippen molar-refractivity contribution in [3.05, 3.63) is 59.7 Å². The Hall–Kier alpha value is -2.49. The highest BCUT2D eigenvalue weighted by Crippen LogP contribution is 2.22. The highest BCUT2D eigenvalue weighted by Gasteiger charge is 2.13. The van der Waals surface area contributed by atoms with Gasteiger partial charge in [0.25, 0.3) is 5.91 Å². The van der Waals surface area contributed by atoms with E-state index in [0.717, 1.165) is 5.56 Å². The molecule has 0 heterocycles. The van der Waals surface area contributed by atoms with Crippen molar-refractivity contribution in [3.63, 3.8) is 0 Å². The molecule has 0 aromatic heterocycles. The number of rotatable bonds is 3. The zero-order valence-electron chi connectivity index (χ0n) is 9.76. The van der Waals surface area contributed by atoms with Gasteiger partial charge < -0.3 is 16.2 Å². The molecule has 2 aromatic carbocycles. The molecule has 18 heavy (non-hydrogen) atoms. The van der Waals surface area contributed by atoms with Crippen molar-refractivity contribution in [2.24, 2.45) is 0 Å². The highest BCUT2D eigenvalue weighted by molar-refractivity contribution is 6.01. The smallest absolute Gasteiger partial charge is 0.257 e. The second-order valence-electron chi connectivity index (χ2n) is 3.91. The van der Waals surface area contributed by atoms with Gasteiger partial charge >= 0.3 is 0 Å². The molecule has 0 radical (unpaired) electrons. The molecule has 0 atom stereocenters. The van der Waals surface area contributed by atoms with Gasteiger partial charge in [0, 0.05) is 12.2 Å². The van der Waals surface area contributed by atoms with Gasteiger partial charge in [0.2, 0.25) is 0 Å². The molecule has 0 aliphatic heterocycles. The number of phenols is 1. The molecule has 0 spiro atoms. The normalized spacial score (nSPS) is 10.0. The fourth-order valence-corrected chi connectivity index (χ4v) is 1.67. The molecule has 92 valence electrons. The number of carbonyl (C=O) groups excluding carboxylic acids is 1. The average Bonchev–Trinajstić information content (AvgIpc) is 2.37. The first kappa shape index (κ1) is 12.0. The molecule has 1 amide bonds. The van der Waals surface area contributed by atoms with Crippen LogP contribution in [0.25, 0.3) is 0 Å². The van der Waals surface area contributed by atoms with E-state index in [1.807, 2.05) is 30.3 Å². The number of anilines is 1. The van der Waals surface area contributed by atoms with Crippen LogP contribution in [0.1, 0.15) is 15.9 Å². The molecule has 0 aliphatic rings. The second-order valence-corrected chi connectivity index (χ2v) is 3.91. The lowest BCUT2D eigenvalue weighted by atomic mass is 10.1. The first-order valence-corrected chi connectivity index (χ1v) is 5.58. The summed E-state index contributed by atoms with van der Waals surface area (Å²) in [5.74, 6) is -0.491. The van der Waals surface area contributed by atoms with E-state index in [2.05, 4.69) is 5.32 Å². The van der Waals surface area contributed by atoms with Gasteiger partial charge in [0.05, 0.1) is 0 Å². The number of carbonyl (C=O) groups is 1. The van der Waals surface area contributed by atoms with Crippen molar-refractivity contribution in [1.29, 1.82) is 0 Å². The maximum atomic E-state index is 11.9. The number of nitrogens with one attached hydrogen (secondary N) is 1. The molecule has 4 nitrogen and oxygen atoms in total. The van der Waals surface area contributed by atoms with Crippen LogP contribution in [0.5, 0.6) is 5.75 Å². The predicted octanol–water partition coefficient (Wildman–Crippen LogP) is 1.90. The number of hydrogen-bond donors (Lipinski definition) is 3. The molecule has 2 rings (SSSR count). The number of hydrogen-bond acceptors (Lipinski definition) is 3. The van der Waals surface area contributed by atoms with Crippen LogP contribution in [0.15, 0.2) is 48.5 Å². The van der Waals surface area contributed by atoms with Crippen LogP contribution in [0.4, 0.5) is 5.69 Å². The summed E-state index contributed by atoms with van der Waals surface area (Å²) in [6.07, 6.45) is 0. The second kappa shape index (κ2) is 5.23. The van der Waals surface area contributed by atoms with Gasteiger partial charge in [-0.15, -0.1) is 0 Å². The molecule has 4 heteroatoms. The Kier molecular flexibility index (Phi) is 3.48. The lowest BCUT2D eigenvalue weighted by molar-refractivity contribution is 0.0949. The minimum Gasteiger partial charge on any atom is -0.507 e. The summed E-state index contributed by atoms with van der Waals surface area (Å²) in [6, 6.07) is 14.1. The van der Waals surface area contributed by atoms with Gasteiger partial charge in [-0.2, -0.15) is 0 Å². The third kappa shape index (κ3) is 2.60. The summed E-state index contributed by atoms with van der Waals surface area (Å²) >= 11 is 0. The minimum absolute atomic E-state index is 0.111. The van der Waals surface area contributed by atoms with Crippen LogP contribution in [0.2, 0.25) is 0 Å². The van der Waals surface area contributed by atoms with E-state index in [9.17, 15) is 9.90 Å². The summed E-state index contributed by atoms with van der Waals surface area (Å²) in [5.41, 5.74) is 7.04. The summed E-state index contributed by atoms with van der Waals surface area (Å²) in [4.78, 5) is 11.9. The SMILES string of the molecule is Nc1cccc(O)c1C(=O)NCc1ccccc1. The van der Waals surface area contributed by atoms with Crippen molar-refractivity contribution in [2.45, 2.75) is 6.54 Å². The number of phenolic OH excluding ortho intramolecular Hbond substituents is 1. The fraction of sp³-hybridized carbons (Fsp3) is 0.0714. The Balaban J connectivity index is 2.09. The standard InChI is InChI=1S/C14H14N2O2/c15-11-7-4-8-12(17)13(11)14(18)16-9-10-5-2-1-3-6-10/h1-8,17H,9,15H2,(H,16,18). The molecule has 0 bridgehead atoms. The van der Waals surface area contributed by atoms with Gasteiger partial charge in [0.15, 0.2) is 0 Å². The zero-order chi connectivity index (χ0) is 13.0. The average molecular weight is 242 g/mol. The number of nitrogens with two attached hydrogens (primary N) is 1. The topological polar surface area (TPSA) is 75.3 Å². The molecular formula is C14H14N2O2. The Labute approximate surface area is 105 Å². The minimum atomic E-state index is -0.380. The summed E-state index contributed by atoms with van der Waals surface area (Å²) in [6.45, 7) is 0.396. The Morgan fingerprint density at radius 1 is 1.11 bits per heavy atom. The molecule has 4 N–H and O–H groups in total. The van der Waals surface area contributed by atoms with E-state index in [1.165, 1.54) is 6.07 Å². The largest absolute Gasteiger partial charge is 0.507 e. The Bertz CT molecular complexity index is 533. The zero-order valence-corrected chi connectivity index (χ0v) is 9.76. The van der Waals surface area contributed by atoms with Crippen LogP contribution >= 0.6 is 0 Å². The molecule has 0 fully saturated rings. The lowest BCUT2D eigenvalue weighted by Gasteiger charge is -2.09. The summed E-state index contributed by atoms with van der Waals surface area (Å²) in [5, 5.41) is 12.3. The van der Waals surface area contributed by atoms with Crippen LogP contribution in [-0.2, 0) is 6.54 Å². The third-order valence-electron chi connectivity index (χ3n) is 2.60. The van der Waals surface area contributed by atoms with E-state index >= 15 is 0 Å². The maximum Gasteiger partial charge on any atom is 0.257 e. The molecule has 0 saturated carbocycles. The maximum absolute atomic E-state index is 11.9. The number of benzene rings is 2. The molecule has 2 aromatic rings. The molecular weight excluding hydrogens is 228 g/mol. The van der Waals surface area contributed by atoms with Gasteiger partial charge in [-0.3, -0.25) is 4.79 Å². The van der Waals surface area contributed by atoms with E-state index in [4.69, 9.17) is 5.73 Å². The van der Waals surface area contributed by atoms with Gasteiger partial charge in [0.1, 0.15) is 11.3 Å². The molecule has 0 saturated heterocycles. The van der Waals surface area contributed by atoms with Crippen LogP contribution in [0, 0.1) is 0 Å². The first-order chi connectivity index (χ1) is 8.68. The van der Waals surface area contributed by atoms with Gasteiger partial charge in [-0.05, 0) is 17.7 Å². The van der Waals surface area contributed by atoms with Crippen LogP contribution in [-0.4, -0.2) is 11.0 Å². The predicted molar refractivity (Wildman–Crippen MR) is 70.1 cm³/mol. The Morgan fingerprint density at radius 2 is 1.83 bits per heavy atom. The van der Waals surface area contributed by atoms with Crippen LogP contribution < -0.4 is 11.1 Å². The summed E-state index contributed by atoms with van der Waals surface area (Å²) in [7, 11) is 0. The van der Waals surface area contributed by atoms with E-state index in [0.29, 0.717) is 6.54 Å². The summed E-state index contributed by atoms with van der Waals surface area (Å²) < 4.78 is 0. The number of amides is 1. The number of aromatic hydroxyl groups is 1. The van der Waals surface area contributed by atoms with Crippen LogP contribution in [0.3, 0.4) is 0 Å². The van der Waals surface area contributed by atoms with Gasteiger partial charge in [-0.25, -0.2) is 0 Å². The van der Waals surface area contributed by atoms with Crippen molar-refractivity contribution in [3.8, 4) is 5.75 Å². The first-order valence-electron chi connectivity index (χ1n) is 5.58. The molecule has 0 unspecified atom stereocenters. The van der Waals surface area contributed by atoms with E-state index in [1.54, 1.807) is 12.1 Å². The van der Waals surface area contributed by atoms with Crippen molar-refractivity contribution >= 4 is 11.6 Å². The number of nitrogen functional groups attached to an aromatic ring is 1. The van der Waals surface area contributed by atoms with E-state index in [-0.39, 0.29) is 22.9 Å². The van der Waals surface area contributed by atoms with E-state index < -0.39 is 0 Å². The Morgan fingerprint density at radius 3 is 2.50 bits per heavy atom. The highest BCUT2D eigenvalue weighted by atomic mass is 16.3.